The first-order valence-corrected chi connectivity index (χ1v) is 10.7. The molecule has 1 aromatic carbocycles. The Labute approximate surface area is 172 Å². The molecule has 4 rings (SSSR count). The fourth-order valence-electron chi connectivity index (χ4n) is 3.46. The minimum Gasteiger partial charge on any atom is -0.493 e. The SMILES string of the molecule is COc1cccc2cc(C(=O)N3CCCN(S(=O)(=O)c4cnc[nH]4)CC3)c(=O)oc12. The van der Waals surface area contributed by atoms with Gasteiger partial charge in [-0.1, -0.05) is 12.1 Å². The number of nitrogens with zero attached hydrogens (tertiary/aromatic N) is 3. The molecule has 1 saturated heterocycles. The molecule has 0 radical (unpaired) electrons. The van der Waals surface area contributed by atoms with Crippen molar-refractivity contribution in [3.8, 4) is 5.75 Å². The third-order valence-corrected chi connectivity index (χ3v) is 6.83. The van der Waals surface area contributed by atoms with Gasteiger partial charge in [0.25, 0.3) is 15.9 Å². The predicted octanol–water partition coefficient (Wildman–Crippen LogP) is 1.06. The van der Waals surface area contributed by atoms with Crippen molar-refractivity contribution < 1.29 is 22.4 Å². The van der Waals surface area contributed by atoms with E-state index in [1.807, 2.05) is 0 Å². The van der Waals surface area contributed by atoms with E-state index in [2.05, 4.69) is 9.97 Å². The highest BCUT2D eigenvalue weighted by Gasteiger charge is 2.30. The van der Waals surface area contributed by atoms with Gasteiger partial charge in [0.05, 0.1) is 19.6 Å². The van der Waals surface area contributed by atoms with Crippen LogP contribution in [0.15, 0.2) is 51.0 Å². The first-order valence-electron chi connectivity index (χ1n) is 9.30. The first-order chi connectivity index (χ1) is 14.4. The summed E-state index contributed by atoms with van der Waals surface area (Å²) in [5.41, 5.74) is -0.585. The number of fused-ring (bicyclic) bond motifs is 1. The summed E-state index contributed by atoms with van der Waals surface area (Å²) in [6, 6.07) is 6.60. The maximum atomic E-state index is 13.0. The summed E-state index contributed by atoms with van der Waals surface area (Å²) in [6.45, 7) is 0.847. The fraction of sp³-hybridized carbons (Fsp3) is 0.316. The molecule has 158 valence electrons. The zero-order valence-corrected chi connectivity index (χ0v) is 17.0. The average Bonchev–Trinajstić information content (AvgIpc) is 3.18. The second kappa shape index (κ2) is 7.92. The quantitative estimate of drug-likeness (QED) is 0.611. The Balaban J connectivity index is 1.57. The van der Waals surface area contributed by atoms with Gasteiger partial charge in [-0.25, -0.2) is 18.2 Å². The second-order valence-electron chi connectivity index (χ2n) is 6.79. The van der Waals surface area contributed by atoms with Crippen molar-refractivity contribution in [1.29, 1.82) is 0 Å². The van der Waals surface area contributed by atoms with E-state index in [-0.39, 0.29) is 35.8 Å². The first kappa shape index (κ1) is 20.1. The summed E-state index contributed by atoms with van der Waals surface area (Å²) in [6.07, 6.45) is 2.98. The Morgan fingerprint density at radius 1 is 1.23 bits per heavy atom. The standard InChI is InChI=1S/C19H20N4O6S/c1-28-15-5-2-4-13-10-14(19(25)29-17(13)15)18(24)22-6-3-7-23(9-8-22)30(26,27)16-11-20-12-21-16/h2,4-5,10-12H,3,6-9H2,1H3,(H,20,21). The van der Waals surface area contributed by atoms with Gasteiger partial charge in [-0.15, -0.1) is 0 Å². The van der Waals surface area contributed by atoms with Gasteiger partial charge in [-0.05, 0) is 18.6 Å². The van der Waals surface area contributed by atoms with Crippen LogP contribution in [0.3, 0.4) is 0 Å². The number of carbonyl (C=O) groups is 1. The number of aromatic nitrogens is 2. The van der Waals surface area contributed by atoms with Gasteiger partial charge in [-0.2, -0.15) is 4.31 Å². The number of benzene rings is 1. The van der Waals surface area contributed by atoms with E-state index in [1.54, 1.807) is 18.2 Å². The number of ether oxygens (including phenoxy) is 1. The van der Waals surface area contributed by atoms with Crippen LogP contribution in [0.25, 0.3) is 11.0 Å². The number of para-hydroxylation sites is 1. The van der Waals surface area contributed by atoms with Crippen molar-refractivity contribution in [3.63, 3.8) is 0 Å². The van der Waals surface area contributed by atoms with E-state index in [9.17, 15) is 18.0 Å². The second-order valence-corrected chi connectivity index (χ2v) is 8.70. The summed E-state index contributed by atoms with van der Waals surface area (Å²) in [4.78, 5) is 33.3. The molecule has 2 aromatic heterocycles. The minimum atomic E-state index is -3.72. The Morgan fingerprint density at radius 2 is 2.07 bits per heavy atom. The number of amides is 1. The lowest BCUT2D eigenvalue weighted by atomic mass is 10.1. The number of sulfonamides is 1. The van der Waals surface area contributed by atoms with Crippen LogP contribution in [-0.4, -0.2) is 66.8 Å². The summed E-state index contributed by atoms with van der Waals surface area (Å²) >= 11 is 0. The number of methoxy groups -OCH3 is 1. The van der Waals surface area contributed by atoms with Crippen LogP contribution in [0.4, 0.5) is 0 Å². The number of rotatable bonds is 4. The molecule has 11 heteroatoms. The Bertz CT molecular complexity index is 1240. The average molecular weight is 432 g/mol. The molecular weight excluding hydrogens is 412 g/mol. The third kappa shape index (κ3) is 3.57. The number of H-pyrrole nitrogens is 1. The zero-order valence-electron chi connectivity index (χ0n) is 16.2. The fourth-order valence-corrected chi connectivity index (χ4v) is 4.82. The van der Waals surface area contributed by atoms with E-state index in [4.69, 9.17) is 9.15 Å². The smallest absolute Gasteiger partial charge is 0.349 e. The molecule has 1 fully saturated rings. The normalized spacial score (nSPS) is 15.8. The van der Waals surface area contributed by atoms with Crippen molar-refractivity contribution in [2.24, 2.45) is 0 Å². The van der Waals surface area contributed by atoms with Crippen LogP contribution in [0.2, 0.25) is 0 Å². The minimum absolute atomic E-state index is 0.00592. The molecule has 1 aliphatic rings. The zero-order chi connectivity index (χ0) is 21.3. The Kier molecular flexibility index (Phi) is 5.31. The molecule has 0 saturated carbocycles. The summed E-state index contributed by atoms with van der Waals surface area (Å²) < 4.78 is 37.2. The number of aromatic amines is 1. The van der Waals surface area contributed by atoms with Gasteiger partial charge in [0.2, 0.25) is 0 Å². The van der Waals surface area contributed by atoms with Crippen LogP contribution >= 0.6 is 0 Å². The van der Waals surface area contributed by atoms with Crippen molar-refractivity contribution in [2.75, 3.05) is 33.3 Å². The summed E-state index contributed by atoms with van der Waals surface area (Å²) in [7, 11) is -2.25. The maximum Gasteiger partial charge on any atom is 0.349 e. The molecule has 30 heavy (non-hydrogen) atoms. The largest absolute Gasteiger partial charge is 0.493 e. The number of imidazole rings is 1. The number of carbonyl (C=O) groups excluding carboxylic acids is 1. The van der Waals surface area contributed by atoms with Crippen LogP contribution in [0.5, 0.6) is 5.75 Å². The molecule has 0 atom stereocenters. The Hall–Kier alpha value is -3.18. The highest BCUT2D eigenvalue weighted by molar-refractivity contribution is 7.89. The molecule has 0 spiro atoms. The number of nitrogens with one attached hydrogen (secondary N) is 1. The van der Waals surface area contributed by atoms with Crippen molar-refractivity contribution in [3.05, 3.63) is 52.8 Å². The van der Waals surface area contributed by atoms with Gasteiger partial charge >= 0.3 is 5.63 Å². The van der Waals surface area contributed by atoms with Gasteiger partial charge in [0.15, 0.2) is 16.4 Å². The molecule has 3 heterocycles. The third-order valence-electron chi connectivity index (χ3n) is 5.01. The van der Waals surface area contributed by atoms with E-state index in [0.29, 0.717) is 24.1 Å². The van der Waals surface area contributed by atoms with Crippen LogP contribution < -0.4 is 10.4 Å². The van der Waals surface area contributed by atoms with Crippen LogP contribution in [0, 0.1) is 0 Å². The van der Waals surface area contributed by atoms with Crippen molar-refractivity contribution >= 4 is 26.9 Å². The van der Waals surface area contributed by atoms with Crippen molar-refractivity contribution in [1.82, 2.24) is 19.2 Å². The molecular formula is C19H20N4O6S. The summed E-state index contributed by atoms with van der Waals surface area (Å²) in [5.74, 6) is -0.0905. The monoisotopic (exact) mass is 432 g/mol. The van der Waals surface area contributed by atoms with E-state index in [0.717, 1.165) is 0 Å². The van der Waals surface area contributed by atoms with E-state index >= 15 is 0 Å². The topological polar surface area (TPSA) is 126 Å². The lowest BCUT2D eigenvalue weighted by Crippen LogP contribution is -2.38. The van der Waals surface area contributed by atoms with Crippen LogP contribution in [-0.2, 0) is 10.0 Å². The Morgan fingerprint density at radius 3 is 2.80 bits per heavy atom. The molecule has 1 N–H and O–H groups in total. The highest BCUT2D eigenvalue weighted by Crippen LogP contribution is 2.25. The molecule has 3 aromatic rings. The van der Waals surface area contributed by atoms with Gasteiger partial charge < -0.3 is 19.0 Å². The van der Waals surface area contributed by atoms with Crippen LogP contribution in [0.1, 0.15) is 16.8 Å². The van der Waals surface area contributed by atoms with E-state index in [1.165, 1.54) is 34.9 Å². The molecule has 0 aliphatic carbocycles. The molecule has 1 amide bonds. The molecule has 10 nitrogen and oxygen atoms in total. The summed E-state index contributed by atoms with van der Waals surface area (Å²) in [5, 5.41) is 0.571. The molecule has 0 unspecified atom stereocenters. The van der Waals surface area contributed by atoms with Gasteiger partial charge in [0.1, 0.15) is 5.56 Å². The van der Waals surface area contributed by atoms with Gasteiger partial charge in [0, 0.05) is 31.6 Å². The lowest BCUT2D eigenvalue weighted by molar-refractivity contribution is 0.0760. The molecule has 1 aliphatic heterocycles. The highest BCUT2D eigenvalue weighted by atomic mass is 32.2. The number of hydrogen-bond acceptors (Lipinski definition) is 7. The van der Waals surface area contributed by atoms with Crippen molar-refractivity contribution in [2.45, 2.75) is 11.4 Å². The van der Waals surface area contributed by atoms with E-state index < -0.39 is 21.6 Å². The lowest BCUT2D eigenvalue weighted by Gasteiger charge is -2.21. The predicted molar refractivity (Wildman–Crippen MR) is 107 cm³/mol. The number of hydrogen-bond donors (Lipinski definition) is 1. The molecule has 0 bridgehead atoms. The van der Waals surface area contributed by atoms with Gasteiger partial charge in [-0.3, -0.25) is 4.79 Å². The maximum absolute atomic E-state index is 13.0.